The third-order valence-corrected chi connectivity index (χ3v) is 5.50. The van der Waals surface area contributed by atoms with Crippen LogP contribution in [0.1, 0.15) is 44.6 Å². The van der Waals surface area contributed by atoms with Crippen molar-refractivity contribution in [3.05, 3.63) is 60.4 Å². The van der Waals surface area contributed by atoms with Crippen molar-refractivity contribution in [3.8, 4) is 0 Å². The highest BCUT2D eigenvalue weighted by molar-refractivity contribution is 6.20. The van der Waals surface area contributed by atoms with Crippen LogP contribution in [0, 0.1) is 5.92 Å². The van der Waals surface area contributed by atoms with Crippen molar-refractivity contribution >= 4 is 11.6 Å². The van der Waals surface area contributed by atoms with Gasteiger partial charge in [0.15, 0.2) is 5.78 Å². The van der Waals surface area contributed by atoms with Crippen LogP contribution in [-0.2, 0) is 10.2 Å². The molecule has 0 spiro atoms. The van der Waals surface area contributed by atoms with E-state index in [1.54, 1.807) is 0 Å². The van der Waals surface area contributed by atoms with Crippen molar-refractivity contribution < 1.29 is 4.79 Å². The Labute approximate surface area is 162 Å². The highest BCUT2D eigenvalue weighted by Crippen LogP contribution is 2.40. The molecule has 0 saturated carbocycles. The van der Waals surface area contributed by atoms with Crippen molar-refractivity contribution in [2.45, 2.75) is 44.4 Å². The zero-order valence-corrected chi connectivity index (χ0v) is 16.3. The summed E-state index contributed by atoms with van der Waals surface area (Å²) in [6.07, 6.45) is 7.23. The number of amidine groups is 1. The van der Waals surface area contributed by atoms with Crippen LogP contribution in [0.25, 0.3) is 0 Å². The van der Waals surface area contributed by atoms with Crippen molar-refractivity contribution in [2.24, 2.45) is 22.4 Å². The Bertz CT molecular complexity index is 688. The van der Waals surface area contributed by atoms with Gasteiger partial charge in [0.2, 0.25) is 0 Å². The van der Waals surface area contributed by atoms with Gasteiger partial charge in [-0.2, -0.15) is 0 Å². The van der Waals surface area contributed by atoms with Crippen molar-refractivity contribution in [1.29, 1.82) is 0 Å². The van der Waals surface area contributed by atoms with E-state index in [1.807, 2.05) is 0 Å². The largest absolute Gasteiger partial charge is 0.403 e. The van der Waals surface area contributed by atoms with Gasteiger partial charge in [0.05, 0.1) is 5.57 Å². The highest BCUT2D eigenvalue weighted by Gasteiger charge is 2.35. The molecule has 1 aromatic carbocycles. The van der Waals surface area contributed by atoms with Crippen LogP contribution in [0.15, 0.2) is 59.9 Å². The Morgan fingerprint density at radius 3 is 2.63 bits per heavy atom. The Morgan fingerprint density at radius 2 is 2.00 bits per heavy atom. The number of ketones is 1. The summed E-state index contributed by atoms with van der Waals surface area (Å²) in [5.74, 6) is 0.517. The number of benzene rings is 1. The molecule has 0 aliphatic carbocycles. The highest BCUT2D eigenvalue weighted by atomic mass is 16.1. The maximum atomic E-state index is 12.4. The predicted octanol–water partition coefficient (Wildman–Crippen LogP) is 3.03. The lowest BCUT2D eigenvalue weighted by Crippen LogP contribution is -2.41. The van der Waals surface area contributed by atoms with Gasteiger partial charge in [-0.05, 0) is 55.7 Å². The molecule has 1 aliphatic heterocycles. The summed E-state index contributed by atoms with van der Waals surface area (Å²) in [7, 11) is 0. The summed E-state index contributed by atoms with van der Waals surface area (Å²) >= 11 is 0. The average Bonchev–Trinajstić information content (AvgIpc) is 2.71. The van der Waals surface area contributed by atoms with Crippen LogP contribution in [0.4, 0.5) is 0 Å². The molecule has 5 heteroatoms. The van der Waals surface area contributed by atoms with Crippen LogP contribution < -0.4 is 16.8 Å². The quantitative estimate of drug-likeness (QED) is 0.355. The number of hydrogen-bond acceptors (Lipinski definition) is 4. The molecular formula is C22H32N4O. The standard InChI is InChI=1S/C22H32N4O/c1-17(8-9-20(27)18(2)21(24)26-15-12-23)16-22(10-13-25-14-11-22)19-6-4-3-5-7-19/h3-7,12,15,17,25H,2,8-11,13-14,16,23H2,1H3,(H2,24,26)/b15-12-. The lowest BCUT2D eigenvalue weighted by molar-refractivity contribution is -0.115. The van der Waals surface area contributed by atoms with Gasteiger partial charge < -0.3 is 16.8 Å². The molecule has 0 aromatic heterocycles. The van der Waals surface area contributed by atoms with Gasteiger partial charge in [0, 0.05) is 18.8 Å². The molecule has 5 nitrogen and oxygen atoms in total. The third kappa shape index (κ3) is 5.79. The summed E-state index contributed by atoms with van der Waals surface area (Å²) in [6.45, 7) is 8.09. The van der Waals surface area contributed by atoms with Crippen LogP contribution in [0.3, 0.4) is 0 Å². The minimum Gasteiger partial charge on any atom is -0.403 e. The average molecular weight is 369 g/mol. The van der Waals surface area contributed by atoms with Gasteiger partial charge >= 0.3 is 0 Å². The fraction of sp³-hybridized carbons (Fsp3) is 0.455. The van der Waals surface area contributed by atoms with Crippen LogP contribution in [-0.4, -0.2) is 24.7 Å². The molecule has 1 aromatic rings. The van der Waals surface area contributed by atoms with Gasteiger partial charge in [-0.15, -0.1) is 0 Å². The first-order valence-electron chi connectivity index (χ1n) is 9.67. The molecule has 27 heavy (non-hydrogen) atoms. The van der Waals surface area contributed by atoms with E-state index in [0.717, 1.165) is 38.8 Å². The minimum absolute atomic E-state index is 0.0485. The number of carbonyl (C=O) groups excluding carboxylic acids is 1. The molecule has 2 rings (SSSR count). The lowest BCUT2D eigenvalue weighted by atomic mass is 9.67. The lowest BCUT2D eigenvalue weighted by Gasteiger charge is -2.40. The molecule has 1 unspecified atom stereocenters. The SMILES string of the molecule is C=C(C(=O)CCC(C)CC1(c2ccccc2)CCNCC1)/C(N)=N\C=C/N. The Kier molecular flexibility index (Phi) is 7.80. The number of piperidine rings is 1. The second-order valence-electron chi connectivity index (χ2n) is 7.50. The Morgan fingerprint density at radius 1 is 1.33 bits per heavy atom. The van der Waals surface area contributed by atoms with Crippen molar-refractivity contribution in [3.63, 3.8) is 0 Å². The molecule has 146 valence electrons. The minimum atomic E-state index is -0.0485. The monoisotopic (exact) mass is 368 g/mol. The molecule has 0 bridgehead atoms. The molecule has 0 amide bonds. The topological polar surface area (TPSA) is 93.5 Å². The Balaban J connectivity index is 1.97. The van der Waals surface area contributed by atoms with E-state index in [0.29, 0.717) is 12.3 Å². The number of Topliss-reactive ketones (excluding diaryl/α,β-unsaturated/α-hetero) is 1. The maximum absolute atomic E-state index is 12.4. The van der Waals surface area contributed by atoms with Crippen LogP contribution in [0.2, 0.25) is 0 Å². The number of nitrogens with zero attached hydrogens (tertiary/aromatic N) is 1. The second-order valence-corrected chi connectivity index (χ2v) is 7.50. The summed E-state index contributed by atoms with van der Waals surface area (Å²) < 4.78 is 0. The molecule has 1 saturated heterocycles. The number of hydrogen-bond donors (Lipinski definition) is 3. The summed E-state index contributed by atoms with van der Waals surface area (Å²) in [5.41, 5.74) is 12.9. The molecule has 1 aliphatic rings. The van der Waals surface area contributed by atoms with E-state index >= 15 is 0 Å². The van der Waals surface area contributed by atoms with Gasteiger partial charge in [0.25, 0.3) is 0 Å². The van der Waals surface area contributed by atoms with Crippen LogP contribution in [0.5, 0.6) is 0 Å². The van der Waals surface area contributed by atoms with Crippen molar-refractivity contribution in [1.82, 2.24) is 5.32 Å². The molecular weight excluding hydrogens is 336 g/mol. The van der Waals surface area contributed by atoms with E-state index in [2.05, 4.69) is 54.1 Å². The zero-order chi connectivity index (χ0) is 19.7. The maximum Gasteiger partial charge on any atom is 0.165 e. The molecule has 1 atom stereocenters. The fourth-order valence-electron chi connectivity index (χ4n) is 3.95. The fourth-order valence-corrected chi connectivity index (χ4v) is 3.95. The number of aliphatic imine (C=N–C) groups is 1. The zero-order valence-electron chi connectivity index (χ0n) is 16.3. The van der Waals surface area contributed by atoms with Gasteiger partial charge in [0.1, 0.15) is 5.84 Å². The number of rotatable bonds is 9. The number of carbonyl (C=O) groups is 1. The van der Waals surface area contributed by atoms with E-state index in [4.69, 9.17) is 11.5 Å². The summed E-state index contributed by atoms with van der Waals surface area (Å²) in [5, 5.41) is 3.47. The molecule has 5 N–H and O–H groups in total. The smallest absolute Gasteiger partial charge is 0.165 e. The molecule has 1 fully saturated rings. The third-order valence-electron chi connectivity index (χ3n) is 5.50. The van der Waals surface area contributed by atoms with Gasteiger partial charge in [-0.25, -0.2) is 4.99 Å². The number of nitrogens with two attached hydrogens (primary N) is 2. The van der Waals surface area contributed by atoms with Gasteiger partial charge in [-0.3, -0.25) is 4.79 Å². The first-order valence-corrected chi connectivity index (χ1v) is 9.67. The van der Waals surface area contributed by atoms with Gasteiger partial charge in [-0.1, -0.05) is 43.8 Å². The van der Waals surface area contributed by atoms with E-state index in [9.17, 15) is 4.79 Å². The second kappa shape index (κ2) is 10.1. The number of nitrogens with one attached hydrogen (secondary N) is 1. The summed E-state index contributed by atoms with van der Waals surface area (Å²) in [4.78, 5) is 16.3. The van der Waals surface area contributed by atoms with E-state index in [-0.39, 0.29) is 22.6 Å². The Hall–Kier alpha value is -2.40. The molecule has 1 heterocycles. The van der Waals surface area contributed by atoms with E-state index < -0.39 is 0 Å². The normalized spacial score (nSPS) is 18.3. The first kappa shape index (κ1) is 20.9. The van der Waals surface area contributed by atoms with Crippen molar-refractivity contribution in [2.75, 3.05) is 13.1 Å². The first-order chi connectivity index (χ1) is 13.0. The molecule has 0 radical (unpaired) electrons. The van der Waals surface area contributed by atoms with E-state index in [1.165, 1.54) is 18.0 Å². The summed E-state index contributed by atoms with van der Waals surface area (Å²) in [6, 6.07) is 10.8. The van der Waals surface area contributed by atoms with Crippen LogP contribution >= 0.6 is 0 Å². The predicted molar refractivity (Wildman–Crippen MR) is 112 cm³/mol.